The molecule has 0 bridgehead atoms. The second-order valence-electron chi connectivity index (χ2n) is 9.00. The van der Waals surface area contributed by atoms with E-state index in [1.54, 1.807) is 6.07 Å². The van der Waals surface area contributed by atoms with Crippen LogP contribution in [0.2, 0.25) is 10.0 Å². The molecule has 2 atom stereocenters. The molecule has 2 fully saturated rings. The van der Waals surface area contributed by atoms with Crippen molar-refractivity contribution >= 4 is 56.7 Å². The fourth-order valence-corrected chi connectivity index (χ4v) is 6.15. The number of nitrogens with zero attached hydrogens (tertiary/aromatic N) is 5. The number of aromatic nitrogens is 3. The highest BCUT2D eigenvalue weighted by molar-refractivity contribution is 7.16. The summed E-state index contributed by atoms with van der Waals surface area (Å²) in [5, 5.41) is 14.0. The van der Waals surface area contributed by atoms with Gasteiger partial charge in [-0.3, -0.25) is 0 Å². The van der Waals surface area contributed by atoms with Crippen molar-refractivity contribution in [2.24, 2.45) is 11.8 Å². The molecular formula is C23H28Cl2N6OS. The first kappa shape index (κ1) is 23.1. The summed E-state index contributed by atoms with van der Waals surface area (Å²) in [7, 11) is 0. The summed E-state index contributed by atoms with van der Waals surface area (Å²) in [5.74, 6) is 2.81. The number of benzene rings is 1. The smallest absolute Gasteiger partial charge is 0.228 e. The number of fused-ring (bicyclic) bond motifs is 1. The lowest BCUT2D eigenvalue weighted by Crippen LogP contribution is -2.54. The Kier molecular flexibility index (Phi) is 6.90. The number of aliphatic hydroxyl groups excluding tert-OH is 1. The summed E-state index contributed by atoms with van der Waals surface area (Å²) in [6.45, 7) is 7.20. The van der Waals surface area contributed by atoms with Crippen LogP contribution in [-0.4, -0.2) is 64.3 Å². The summed E-state index contributed by atoms with van der Waals surface area (Å²) in [6.07, 6.45) is 2.48. The zero-order valence-corrected chi connectivity index (χ0v) is 20.9. The van der Waals surface area contributed by atoms with Crippen molar-refractivity contribution in [3.8, 4) is 0 Å². The Bertz CT molecular complexity index is 1120. The molecule has 2 aliphatic rings. The molecule has 0 saturated carbocycles. The SMILES string of the molecule is C[C@@H](Nc1nc(N2CC([C@H]3CCCN(CCO)C3)C2)nc2scnc12)c1ccc(Cl)cc1Cl. The summed E-state index contributed by atoms with van der Waals surface area (Å²) in [4.78, 5) is 19.7. The molecule has 2 aromatic heterocycles. The van der Waals surface area contributed by atoms with E-state index in [2.05, 4.69) is 27.0 Å². The van der Waals surface area contributed by atoms with Gasteiger partial charge in [-0.2, -0.15) is 9.97 Å². The van der Waals surface area contributed by atoms with Crippen LogP contribution in [0, 0.1) is 11.8 Å². The Morgan fingerprint density at radius 2 is 2.06 bits per heavy atom. The largest absolute Gasteiger partial charge is 0.395 e. The van der Waals surface area contributed by atoms with E-state index in [1.807, 2.05) is 17.6 Å². The van der Waals surface area contributed by atoms with Crippen molar-refractivity contribution < 1.29 is 5.11 Å². The number of thiazole rings is 1. The lowest BCUT2D eigenvalue weighted by molar-refractivity contribution is 0.101. The monoisotopic (exact) mass is 506 g/mol. The number of likely N-dealkylation sites (tertiary alicyclic amines) is 1. The number of hydrogen-bond donors (Lipinski definition) is 2. The van der Waals surface area contributed by atoms with Crippen LogP contribution >= 0.6 is 34.5 Å². The van der Waals surface area contributed by atoms with Gasteiger partial charge in [0.2, 0.25) is 5.95 Å². The second-order valence-corrected chi connectivity index (χ2v) is 10.7. The van der Waals surface area contributed by atoms with Crippen molar-refractivity contribution in [2.75, 3.05) is 49.5 Å². The van der Waals surface area contributed by atoms with Crippen LogP contribution in [0.15, 0.2) is 23.7 Å². The molecule has 0 spiro atoms. The molecule has 3 aromatic rings. The van der Waals surface area contributed by atoms with Gasteiger partial charge in [0.25, 0.3) is 0 Å². The number of anilines is 2. The van der Waals surface area contributed by atoms with Crippen LogP contribution in [0.25, 0.3) is 10.3 Å². The Balaban J connectivity index is 1.30. The molecule has 7 nitrogen and oxygen atoms in total. The minimum absolute atomic E-state index is 0.0636. The van der Waals surface area contributed by atoms with Crippen LogP contribution in [0.3, 0.4) is 0 Å². The molecule has 0 unspecified atom stereocenters. The molecule has 2 N–H and O–H groups in total. The number of rotatable bonds is 7. The molecule has 5 rings (SSSR count). The zero-order chi connectivity index (χ0) is 22.9. The number of halogens is 2. The van der Waals surface area contributed by atoms with Crippen molar-refractivity contribution in [3.63, 3.8) is 0 Å². The van der Waals surface area contributed by atoms with Gasteiger partial charge < -0.3 is 20.2 Å². The molecular weight excluding hydrogens is 479 g/mol. The van der Waals surface area contributed by atoms with Gasteiger partial charge >= 0.3 is 0 Å². The standard InChI is InChI=1S/C23H28Cl2N6OS/c1-14(18-5-4-17(24)9-19(18)25)27-21-20-22(33-13-26-20)29-23(28-21)31-11-16(12-31)15-3-2-6-30(10-15)7-8-32/h4-5,9,13-16,32H,2-3,6-8,10-12H2,1H3,(H,27,28,29)/t14-,15+/m1/s1. The zero-order valence-electron chi connectivity index (χ0n) is 18.5. The fraction of sp³-hybridized carbons (Fsp3) is 0.522. The van der Waals surface area contributed by atoms with E-state index >= 15 is 0 Å². The van der Waals surface area contributed by atoms with Gasteiger partial charge in [0.05, 0.1) is 18.2 Å². The molecule has 1 aromatic carbocycles. The summed E-state index contributed by atoms with van der Waals surface area (Å²) in [5.41, 5.74) is 3.55. The first-order valence-electron chi connectivity index (χ1n) is 11.4. The molecule has 10 heteroatoms. The third kappa shape index (κ3) is 4.91. The Morgan fingerprint density at radius 1 is 1.21 bits per heavy atom. The average Bonchev–Trinajstić information content (AvgIpc) is 3.22. The first-order chi connectivity index (χ1) is 16.0. The molecule has 4 heterocycles. The lowest BCUT2D eigenvalue weighted by Gasteiger charge is -2.46. The maximum Gasteiger partial charge on any atom is 0.228 e. The minimum Gasteiger partial charge on any atom is -0.395 e. The highest BCUT2D eigenvalue weighted by atomic mass is 35.5. The topological polar surface area (TPSA) is 77.4 Å². The number of aliphatic hydroxyl groups is 1. The van der Waals surface area contributed by atoms with Crippen molar-refractivity contribution in [1.82, 2.24) is 19.9 Å². The van der Waals surface area contributed by atoms with Gasteiger partial charge in [-0.15, -0.1) is 11.3 Å². The molecule has 33 heavy (non-hydrogen) atoms. The van der Waals surface area contributed by atoms with Crippen molar-refractivity contribution in [3.05, 3.63) is 39.3 Å². The van der Waals surface area contributed by atoms with Gasteiger partial charge in [0.15, 0.2) is 10.6 Å². The van der Waals surface area contributed by atoms with E-state index in [1.165, 1.54) is 24.2 Å². The highest BCUT2D eigenvalue weighted by Gasteiger charge is 2.37. The van der Waals surface area contributed by atoms with E-state index < -0.39 is 0 Å². The summed E-state index contributed by atoms with van der Waals surface area (Å²) >= 11 is 14.0. The van der Waals surface area contributed by atoms with Crippen molar-refractivity contribution in [1.29, 1.82) is 0 Å². The Labute approximate surface area is 207 Å². The van der Waals surface area contributed by atoms with Crippen LogP contribution in [0.5, 0.6) is 0 Å². The highest BCUT2D eigenvalue weighted by Crippen LogP contribution is 2.36. The quantitative estimate of drug-likeness (QED) is 0.480. The fourth-order valence-electron chi connectivity index (χ4n) is 4.92. The van der Waals surface area contributed by atoms with E-state index in [-0.39, 0.29) is 12.6 Å². The van der Waals surface area contributed by atoms with Crippen LogP contribution in [-0.2, 0) is 0 Å². The lowest BCUT2D eigenvalue weighted by atomic mass is 9.81. The predicted molar refractivity (Wildman–Crippen MR) is 136 cm³/mol. The Morgan fingerprint density at radius 3 is 2.85 bits per heavy atom. The number of nitrogens with one attached hydrogen (secondary N) is 1. The number of piperidine rings is 1. The predicted octanol–water partition coefficient (Wildman–Crippen LogP) is 4.71. The van der Waals surface area contributed by atoms with Gasteiger partial charge in [-0.1, -0.05) is 29.3 Å². The summed E-state index contributed by atoms with van der Waals surface area (Å²) < 4.78 is 0. The van der Waals surface area contributed by atoms with E-state index in [4.69, 9.17) is 33.2 Å². The average molecular weight is 507 g/mol. The third-order valence-corrected chi connectivity index (χ3v) is 8.07. The maximum atomic E-state index is 9.27. The van der Waals surface area contributed by atoms with E-state index in [0.717, 1.165) is 60.4 Å². The van der Waals surface area contributed by atoms with Gasteiger partial charge in [-0.05, 0) is 55.8 Å². The van der Waals surface area contributed by atoms with Gasteiger partial charge in [0.1, 0.15) is 5.52 Å². The van der Waals surface area contributed by atoms with Crippen LogP contribution in [0.4, 0.5) is 11.8 Å². The molecule has 2 aliphatic heterocycles. The van der Waals surface area contributed by atoms with Crippen molar-refractivity contribution in [2.45, 2.75) is 25.8 Å². The Hall–Kier alpha value is -1.71. The van der Waals surface area contributed by atoms with E-state index in [0.29, 0.717) is 21.9 Å². The summed E-state index contributed by atoms with van der Waals surface area (Å²) in [6, 6.07) is 5.48. The molecule has 176 valence electrons. The molecule has 0 aliphatic carbocycles. The molecule has 2 saturated heterocycles. The molecule has 0 radical (unpaired) electrons. The normalized spacial score (nSPS) is 20.7. The first-order valence-corrected chi connectivity index (χ1v) is 13.1. The molecule has 0 amide bonds. The third-order valence-electron chi connectivity index (χ3n) is 6.79. The van der Waals surface area contributed by atoms with Gasteiger partial charge in [-0.25, -0.2) is 4.98 Å². The number of hydrogen-bond acceptors (Lipinski definition) is 8. The van der Waals surface area contributed by atoms with Crippen LogP contribution in [0.1, 0.15) is 31.4 Å². The second kappa shape index (κ2) is 9.88. The maximum absolute atomic E-state index is 9.27. The van der Waals surface area contributed by atoms with E-state index in [9.17, 15) is 5.11 Å². The van der Waals surface area contributed by atoms with Gasteiger partial charge in [0, 0.05) is 36.2 Å². The number of β-amino-alcohol motifs (C(OH)–C–C–N with tert-alkyl or cyclic N) is 1. The van der Waals surface area contributed by atoms with Crippen LogP contribution < -0.4 is 10.2 Å². The minimum atomic E-state index is -0.0636.